The van der Waals surface area contributed by atoms with Gasteiger partial charge in [0.1, 0.15) is 0 Å². The lowest BCUT2D eigenvalue weighted by Gasteiger charge is -2.30. The average Bonchev–Trinajstić information content (AvgIpc) is 3.06. The van der Waals surface area contributed by atoms with Gasteiger partial charge >= 0.3 is 6.18 Å². The average molecular weight is 432 g/mol. The summed E-state index contributed by atoms with van der Waals surface area (Å²) in [6.45, 7) is 0.0736. The first-order valence-electron chi connectivity index (χ1n) is 8.51. The van der Waals surface area contributed by atoms with Gasteiger partial charge in [0, 0.05) is 18.8 Å². The Morgan fingerprint density at radius 2 is 1.79 bits per heavy atom. The van der Waals surface area contributed by atoms with E-state index < -0.39 is 24.0 Å². The molecule has 1 fully saturated rings. The van der Waals surface area contributed by atoms with E-state index in [1.807, 2.05) is 30.3 Å². The molecule has 28 heavy (non-hydrogen) atoms. The molecule has 0 aromatic heterocycles. The molecule has 3 N–H and O–H groups in total. The molecule has 3 rings (SSSR count). The number of hydrogen-bond donors (Lipinski definition) is 2. The van der Waals surface area contributed by atoms with Crippen LogP contribution < -0.4 is 11.1 Å². The molecule has 1 atom stereocenters. The number of likely N-dealkylation sites (tertiary alicyclic amines) is 1. The van der Waals surface area contributed by atoms with Gasteiger partial charge in [-0.25, -0.2) is 0 Å². The summed E-state index contributed by atoms with van der Waals surface area (Å²) in [5, 5.41) is 2.43. The van der Waals surface area contributed by atoms with Gasteiger partial charge in [-0.2, -0.15) is 13.2 Å². The number of anilines is 2. The van der Waals surface area contributed by atoms with Gasteiger partial charge in [-0.15, -0.1) is 0 Å². The Morgan fingerprint density at radius 3 is 2.36 bits per heavy atom. The Labute approximate surface area is 170 Å². The summed E-state index contributed by atoms with van der Waals surface area (Å²) < 4.78 is 41.8. The number of alkyl halides is 3. The van der Waals surface area contributed by atoms with Crippen LogP contribution in [0.4, 0.5) is 24.5 Å². The lowest BCUT2D eigenvalue weighted by atomic mass is 9.85. The van der Waals surface area contributed by atoms with Crippen molar-refractivity contribution in [2.24, 2.45) is 5.41 Å². The van der Waals surface area contributed by atoms with Crippen molar-refractivity contribution in [1.29, 1.82) is 0 Å². The molecule has 1 unspecified atom stereocenters. The maximum Gasteiger partial charge on any atom is 0.404 e. The number of rotatable bonds is 4. The smallest absolute Gasteiger partial charge is 0.396 e. The van der Waals surface area contributed by atoms with Crippen LogP contribution in [0, 0.1) is 5.41 Å². The van der Waals surface area contributed by atoms with Crippen LogP contribution in [0.2, 0.25) is 10.0 Å². The Bertz CT molecular complexity index is 853. The van der Waals surface area contributed by atoms with Gasteiger partial charge in [0.05, 0.1) is 15.7 Å². The molecule has 0 saturated carbocycles. The second-order valence-electron chi connectivity index (χ2n) is 6.83. The van der Waals surface area contributed by atoms with Crippen LogP contribution >= 0.6 is 23.2 Å². The zero-order chi connectivity index (χ0) is 20.5. The fourth-order valence-corrected chi connectivity index (χ4v) is 3.81. The third kappa shape index (κ3) is 4.06. The number of hydrogen-bond acceptors (Lipinski definition) is 3. The van der Waals surface area contributed by atoms with Crippen molar-refractivity contribution >= 4 is 40.5 Å². The number of carbonyl (C=O) groups excluding carboxylic acids is 1. The summed E-state index contributed by atoms with van der Waals surface area (Å²) in [6, 6.07) is 11.7. The fourth-order valence-electron chi connectivity index (χ4n) is 3.32. The van der Waals surface area contributed by atoms with Gasteiger partial charge in [0.2, 0.25) is 5.91 Å². The highest BCUT2D eigenvalue weighted by atomic mass is 35.5. The van der Waals surface area contributed by atoms with Crippen LogP contribution in [0.1, 0.15) is 12.0 Å². The number of nitrogens with zero attached hydrogens (tertiary/aromatic N) is 1. The molecular weight excluding hydrogens is 414 g/mol. The standard InChI is InChI=1S/C19H18Cl2F3N3O/c20-14-8-13(9-15(21)16(14)25)26-17(28)18(19(22,23)24)6-7-27(11-18)10-12-4-2-1-3-5-12/h1-5,8-9H,6-7,10-11,25H2,(H,26,28). The molecular formula is C19H18Cl2F3N3O. The van der Waals surface area contributed by atoms with Crippen LogP contribution in [0.25, 0.3) is 0 Å². The van der Waals surface area contributed by atoms with Crippen molar-refractivity contribution < 1.29 is 18.0 Å². The Hall–Kier alpha value is -1.96. The summed E-state index contributed by atoms with van der Waals surface area (Å²) in [4.78, 5) is 14.3. The number of nitrogens with two attached hydrogens (primary N) is 1. The number of nitrogen functional groups attached to an aromatic ring is 1. The van der Waals surface area contributed by atoms with Crippen LogP contribution in [0.15, 0.2) is 42.5 Å². The molecule has 1 heterocycles. The minimum absolute atomic E-state index is 0.0565. The molecule has 1 aliphatic heterocycles. The summed E-state index contributed by atoms with van der Waals surface area (Å²) in [7, 11) is 0. The summed E-state index contributed by atoms with van der Waals surface area (Å²) >= 11 is 11.8. The second-order valence-corrected chi connectivity index (χ2v) is 7.65. The quantitative estimate of drug-likeness (QED) is 0.671. The van der Waals surface area contributed by atoms with E-state index in [9.17, 15) is 18.0 Å². The first kappa shape index (κ1) is 20.8. The minimum atomic E-state index is -4.70. The van der Waals surface area contributed by atoms with Crippen molar-refractivity contribution in [2.75, 3.05) is 24.1 Å². The number of carbonyl (C=O) groups is 1. The zero-order valence-electron chi connectivity index (χ0n) is 14.7. The monoisotopic (exact) mass is 431 g/mol. The van der Waals surface area contributed by atoms with E-state index in [1.165, 1.54) is 12.1 Å². The van der Waals surface area contributed by atoms with E-state index >= 15 is 0 Å². The molecule has 0 bridgehead atoms. The molecule has 9 heteroatoms. The third-order valence-electron chi connectivity index (χ3n) is 4.91. The zero-order valence-corrected chi connectivity index (χ0v) is 16.2. The van der Waals surface area contributed by atoms with E-state index in [0.717, 1.165) is 5.56 Å². The number of halogens is 5. The molecule has 1 saturated heterocycles. The van der Waals surface area contributed by atoms with Gasteiger partial charge in [0.25, 0.3) is 0 Å². The Kier molecular flexibility index (Phi) is 5.79. The van der Waals surface area contributed by atoms with Gasteiger partial charge in [0.15, 0.2) is 5.41 Å². The van der Waals surface area contributed by atoms with Crippen molar-refractivity contribution in [1.82, 2.24) is 4.90 Å². The van der Waals surface area contributed by atoms with Crippen molar-refractivity contribution in [2.45, 2.75) is 19.1 Å². The Morgan fingerprint density at radius 1 is 1.18 bits per heavy atom. The number of benzene rings is 2. The predicted octanol–water partition coefficient (Wildman–Crippen LogP) is 4.97. The first-order chi connectivity index (χ1) is 13.1. The third-order valence-corrected chi connectivity index (χ3v) is 5.54. The molecule has 2 aromatic carbocycles. The normalized spacial score (nSPS) is 20.3. The maximum absolute atomic E-state index is 13.9. The number of amides is 1. The highest BCUT2D eigenvalue weighted by molar-refractivity contribution is 6.39. The molecule has 1 aliphatic rings. The molecule has 0 aliphatic carbocycles. The van der Waals surface area contributed by atoms with Crippen molar-refractivity contribution in [3.05, 3.63) is 58.1 Å². The highest BCUT2D eigenvalue weighted by Gasteiger charge is 2.63. The fraction of sp³-hybridized carbons (Fsp3) is 0.316. The Balaban J connectivity index is 1.81. The largest absolute Gasteiger partial charge is 0.404 e. The van der Waals surface area contributed by atoms with E-state index in [0.29, 0.717) is 6.54 Å². The van der Waals surface area contributed by atoms with Crippen molar-refractivity contribution in [3.63, 3.8) is 0 Å². The van der Waals surface area contributed by atoms with Crippen LogP contribution in [-0.4, -0.2) is 30.1 Å². The van der Waals surface area contributed by atoms with E-state index in [1.54, 1.807) is 4.90 Å². The van der Waals surface area contributed by atoms with Crippen LogP contribution in [0.3, 0.4) is 0 Å². The topological polar surface area (TPSA) is 58.4 Å². The maximum atomic E-state index is 13.9. The predicted molar refractivity (Wildman–Crippen MR) is 104 cm³/mol. The van der Waals surface area contributed by atoms with Crippen LogP contribution in [0.5, 0.6) is 0 Å². The molecule has 1 amide bonds. The first-order valence-corrected chi connectivity index (χ1v) is 9.27. The summed E-state index contributed by atoms with van der Waals surface area (Å²) in [5.74, 6) is -1.13. The summed E-state index contributed by atoms with van der Waals surface area (Å²) in [5.41, 5.74) is 4.17. The molecule has 0 radical (unpaired) electrons. The van der Waals surface area contributed by atoms with Crippen molar-refractivity contribution in [3.8, 4) is 0 Å². The van der Waals surface area contributed by atoms with Crippen LogP contribution in [-0.2, 0) is 11.3 Å². The lowest BCUT2D eigenvalue weighted by molar-refractivity contribution is -0.215. The van der Waals surface area contributed by atoms with Gasteiger partial charge in [-0.3, -0.25) is 9.69 Å². The van der Waals surface area contributed by atoms with Gasteiger partial charge in [-0.05, 0) is 30.7 Å². The molecule has 2 aromatic rings. The van der Waals surface area contributed by atoms with Gasteiger partial charge in [-0.1, -0.05) is 53.5 Å². The van der Waals surface area contributed by atoms with E-state index in [4.69, 9.17) is 28.9 Å². The summed E-state index contributed by atoms with van der Waals surface area (Å²) in [6.07, 6.45) is -5.03. The molecule has 150 valence electrons. The van der Waals surface area contributed by atoms with Gasteiger partial charge < -0.3 is 11.1 Å². The van der Waals surface area contributed by atoms with E-state index in [-0.39, 0.29) is 34.4 Å². The minimum Gasteiger partial charge on any atom is -0.396 e. The number of nitrogens with one attached hydrogen (secondary N) is 1. The molecule has 0 spiro atoms. The van der Waals surface area contributed by atoms with E-state index in [2.05, 4.69) is 5.32 Å². The second kappa shape index (κ2) is 7.81. The highest BCUT2D eigenvalue weighted by Crippen LogP contribution is 2.47. The lowest BCUT2D eigenvalue weighted by Crippen LogP contribution is -2.49. The SMILES string of the molecule is Nc1c(Cl)cc(NC(=O)C2(C(F)(F)F)CCN(Cc3ccccc3)C2)cc1Cl. The molecule has 4 nitrogen and oxygen atoms in total.